The number of hydrogen-bond donors (Lipinski definition) is 0. The molecular formula is C63H53FIrN4OSi-2. The summed E-state index contributed by atoms with van der Waals surface area (Å²) >= 11 is 0. The summed E-state index contributed by atoms with van der Waals surface area (Å²) in [6, 6.07) is 58.5. The number of imidazole rings is 1. The van der Waals surface area contributed by atoms with Crippen LogP contribution in [-0.4, -0.2) is 27.6 Å². The molecule has 0 aliphatic carbocycles. The van der Waals surface area contributed by atoms with Gasteiger partial charge in [0, 0.05) is 63.5 Å². The number of pyridine rings is 2. The van der Waals surface area contributed by atoms with Crippen LogP contribution in [0.2, 0.25) is 19.6 Å². The van der Waals surface area contributed by atoms with E-state index in [1.54, 1.807) is 12.1 Å². The zero-order valence-corrected chi connectivity index (χ0v) is 44.0. The Morgan fingerprint density at radius 1 is 0.662 bits per heavy atom. The van der Waals surface area contributed by atoms with Gasteiger partial charge in [-0.15, -0.1) is 47.5 Å². The van der Waals surface area contributed by atoms with Gasteiger partial charge in [0.05, 0.1) is 36.0 Å². The molecule has 4 aromatic heterocycles. The van der Waals surface area contributed by atoms with E-state index in [0.717, 1.165) is 71.6 Å². The zero-order valence-electron chi connectivity index (χ0n) is 43.7. The summed E-state index contributed by atoms with van der Waals surface area (Å²) in [5, 5.41) is 7.63. The first-order valence-corrected chi connectivity index (χ1v) is 27.4. The fourth-order valence-corrected chi connectivity index (χ4v) is 10.7. The van der Waals surface area contributed by atoms with Crippen molar-refractivity contribution in [2.45, 2.75) is 66.0 Å². The van der Waals surface area contributed by atoms with Gasteiger partial charge in [0.1, 0.15) is 0 Å². The average molecular weight is 1120 g/mol. The molecular weight excluding hydrogens is 1070 g/mol. The van der Waals surface area contributed by atoms with Gasteiger partial charge in [0.25, 0.3) is 0 Å². The maximum Gasteiger partial charge on any atom is 0.216 e. The predicted octanol–water partition coefficient (Wildman–Crippen LogP) is 16.7. The van der Waals surface area contributed by atoms with Crippen LogP contribution >= 0.6 is 0 Å². The third-order valence-corrected chi connectivity index (χ3v) is 15.4. The molecule has 0 atom stereocenters. The maximum atomic E-state index is 12.8. The molecule has 0 aliphatic heterocycles. The second-order valence-electron chi connectivity index (χ2n) is 19.8. The molecule has 12 rings (SSSR count). The molecule has 8 heteroatoms. The van der Waals surface area contributed by atoms with E-state index in [9.17, 15) is 4.39 Å². The Bertz CT molecular complexity index is 4040. The summed E-state index contributed by atoms with van der Waals surface area (Å²) < 4.78 is 47.8. The van der Waals surface area contributed by atoms with Gasteiger partial charge in [-0.1, -0.05) is 174 Å². The molecule has 0 aliphatic rings. The largest absolute Gasteiger partial charge is 0.486 e. The number of nitrogens with zero attached hydrogens (tertiary/aromatic N) is 4. The average Bonchev–Trinajstić information content (AvgIpc) is 3.96. The molecule has 0 bridgehead atoms. The quantitative estimate of drug-likeness (QED) is 0.0906. The molecule has 5 nitrogen and oxygen atoms in total. The van der Waals surface area contributed by atoms with Gasteiger partial charge in [-0.2, -0.15) is 0 Å². The minimum atomic E-state index is -2.43. The Labute approximate surface area is 433 Å². The van der Waals surface area contributed by atoms with Crippen molar-refractivity contribution in [1.29, 1.82) is 0 Å². The molecule has 0 N–H and O–H groups in total. The van der Waals surface area contributed by atoms with Crippen LogP contribution in [-0.2, 0) is 20.1 Å². The van der Waals surface area contributed by atoms with E-state index >= 15 is 0 Å². The van der Waals surface area contributed by atoms with Crippen LogP contribution < -0.4 is 5.19 Å². The molecule has 353 valence electrons. The van der Waals surface area contributed by atoms with Crippen LogP contribution in [0.5, 0.6) is 0 Å². The third kappa shape index (κ3) is 8.69. The Balaban J connectivity index is 0.000000296. The topological polar surface area (TPSA) is 56.7 Å². The number of rotatable bonds is 7. The van der Waals surface area contributed by atoms with E-state index in [0.29, 0.717) is 33.5 Å². The SMILES string of the molecule is C[Si](C)(C)c1ccc(-c2[c-]cc(F)cc2)nc1.[2H]C([2H])([2H])c1c[c-]c(-c2nc3ccc4ccccc4c3n2-c2c(C(C)C)cc(-c3ccccc3)cc2C(C)C)c2oc3nc4c(ccc5ccccc54)cc3c12.[Ir]. The predicted molar refractivity (Wildman–Crippen MR) is 293 cm³/mol. The second kappa shape index (κ2) is 18.9. The first kappa shape index (κ1) is 43.9. The Morgan fingerprint density at radius 2 is 1.34 bits per heavy atom. The summed E-state index contributed by atoms with van der Waals surface area (Å²) in [6.07, 6.45) is 1.93. The number of benzene rings is 8. The van der Waals surface area contributed by atoms with E-state index in [1.165, 1.54) is 28.4 Å². The summed E-state index contributed by atoms with van der Waals surface area (Å²) in [6.45, 7) is 13.4. The fourth-order valence-electron chi connectivity index (χ4n) is 9.71. The van der Waals surface area contributed by atoms with Crippen molar-refractivity contribution in [2.24, 2.45) is 0 Å². The van der Waals surface area contributed by atoms with E-state index in [4.69, 9.17) is 18.5 Å². The van der Waals surface area contributed by atoms with Crippen molar-refractivity contribution in [3.05, 3.63) is 199 Å². The Hall–Kier alpha value is -7.09. The minimum Gasteiger partial charge on any atom is -0.486 e. The molecule has 0 saturated carbocycles. The summed E-state index contributed by atoms with van der Waals surface area (Å²) in [5.74, 6) is 0.674. The van der Waals surface area contributed by atoms with Crippen molar-refractivity contribution in [3.63, 3.8) is 0 Å². The van der Waals surface area contributed by atoms with Crippen LogP contribution in [0.3, 0.4) is 0 Å². The van der Waals surface area contributed by atoms with Gasteiger partial charge < -0.3 is 14.0 Å². The van der Waals surface area contributed by atoms with Crippen molar-refractivity contribution in [2.75, 3.05) is 0 Å². The number of fused-ring (bicyclic) bond motifs is 9. The van der Waals surface area contributed by atoms with Gasteiger partial charge in [-0.3, -0.25) is 9.37 Å². The number of furan rings is 1. The van der Waals surface area contributed by atoms with Crippen molar-refractivity contribution in [3.8, 4) is 39.5 Å². The second-order valence-corrected chi connectivity index (χ2v) is 24.9. The number of aromatic nitrogens is 4. The van der Waals surface area contributed by atoms with E-state index < -0.39 is 14.9 Å². The van der Waals surface area contributed by atoms with Gasteiger partial charge in [0.2, 0.25) is 5.71 Å². The Kier molecular flexibility index (Phi) is 11.7. The fraction of sp³-hybridized carbons (Fsp3) is 0.159. The first-order valence-electron chi connectivity index (χ1n) is 25.4. The van der Waals surface area contributed by atoms with E-state index in [-0.39, 0.29) is 43.3 Å². The molecule has 0 spiro atoms. The smallest absolute Gasteiger partial charge is 0.216 e. The van der Waals surface area contributed by atoms with Crippen molar-refractivity contribution < 1.29 is 33.0 Å². The standard InChI is InChI=1S/C49H38N3O.C14H15FNSi.Ir/c1-28(2)39-26-35(31-13-7-6-8-14-31)27-40(29(3)4)45(39)52-46-37-18-12-10-16-33(37)22-24-42(46)50-48(52)38-23-19-30(5)43-41-25-34-21-20-32-15-9-11-17-36(32)44(34)51-49(41)53-47(38)43;1-17(2,3)13-8-9-14(16-10-13)11-4-6-12(15)7-5-11;/h6-22,24-29H,1-5H3;4,6-10H,1-3H3;/q2*-1;/i5D3;;. The van der Waals surface area contributed by atoms with Crippen molar-refractivity contribution in [1.82, 2.24) is 19.5 Å². The monoisotopic (exact) mass is 1120 g/mol. The van der Waals surface area contributed by atoms with Gasteiger partial charge in [0.15, 0.2) is 0 Å². The summed E-state index contributed by atoms with van der Waals surface area (Å²) in [4.78, 5) is 14.9. The van der Waals surface area contributed by atoms with Crippen LogP contribution in [0.4, 0.5) is 4.39 Å². The van der Waals surface area contributed by atoms with E-state index in [1.807, 2.05) is 42.6 Å². The molecule has 12 aromatic rings. The minimum absolute atomic E-state index is 0. The van der Waals surface area contributed by atoms with Gasteiger partial charge in [-0.25, -0.2) is 4.98 Å². The van der Waals surface area contributed by atoms with Gasteiger partial charge in [-0.05, 0) is 80.0 Å². The number of aryl methyl sites for hydroxylation is 1. The molecule has 0 saturated heterocycles. The first-order chi connectivity index (χ1) is 35.0. The number of halogens is 1. The normalized spacial score (nSPS) is 12.7. The van der Waals surface area contributed by atoms with Crippen molar-refractivity contribution >= 4 is 78.8 Å². The molecule has 8 aromatic carbocycles. The molecule has 1 radical (unpaired) electrons. The summed E-state index contributed by atoms with van der Waals surface area (Å²) in [5.41, 5.74) is 11.6. The van der Waals surface area contributed by atoms with Crippen LogP contribution in [0, 0.1) is 24.8 Å². The molecule has 71 heavy (non-hydrogen) atoms. The van der Waals surface area contributed by atoms with E-state index in [2.05, 4.69) is 166 Å². The summed E-state index contributed by atoms with van der Waals surface area (Å²) in [7, 11) is -1.30. The molecule has 0 fully saturated rings. The van der Waals surface area contributed by atoms with Crippen LogP contribution in [0.1, 0.15) is 60.3 Å². The van der Waals surface area contributed by atoms with Crippen LogP contribution in [0.15, 0.2) is 168 Å². The number of hydrogen-bond acceptors (Lipinski definition) is 4. The zero-order chi connectivity index (χ0) is 50.9. The molecule has 0 amide bonds. The molecule has 4 heterocycles. The maximum absolute atomic E-state index is 12.8. The van der Waals surface area contributed by atoms with Gasteiger partial charge >= 0.3 is 0 Å². The third-order valence-electron chi connectivity index (χ3n) is 13.4. The van der Waals surface area contributed by atoms with Crippen LogP contribution in [0.25, 0.3) is 105 Å². The molecule has 0 unspecified atom stereocenters. The Morgan fingerprint density at radius 3 is 2.00 bits per heavy atom.